The number of carbonyl (C=O) groups excluding carboxylic acids is 1. The second-order valence-electron chi connectivity index (χ2n) is 4.48. The van der Waals surface area contributed by atoms with Gasteiger partial charge in [0.2, 0.25) is 0 Å². The average Bonchev–Trinajstić information content (AvgIpc) is 2.27. The van der Waals surface area contributed by atoms with Gasteiger partial charge in [0.25, 0.3) is 5.91 Å². The molecule has 1 aromatic carbocycles. The number of carboxylic acids is 1. The number of benzene rings is 1. The number of hydrogen-bond donors (Lipinski definition) is 1. The summed E-state index contributed by atoms with van der Waals surface area (Å²) < 4.78 is 0.882. The first kappa shape index (κ1) is 14.7. The summed E-state index contributed by atoms with van der Waals surface area (Å²) in [7, 11) is 0. The van der Waals surface area contributed by atoms with Crippen molar-refractivity contribution in [2.24, 2.45) is 5.92 Å². The van der Waals surface area contributed by atoms with Crippen LogP contribution in [0.1, 0.15) is 24.2 Å². The molecular formula is C13H16BrNO3. The highest BCUT2D eigenvalue weighted by molar-refractivity contribution is 9.10. The maximum atomic E-state index is 12.2. The van der Waals surface area contributed by atoms with E-state index in [0.29, 0.717) is 12.1 Å². The lowest BCUT2D eigenvalue weighted by atomic mass is 10.1. The third-order valence-corrected chi connectivity index (χ3v) is 2.82. The first-order valence-electron chi connectivity index (χ1n) is 5.66. The number of nitrogens with zero attached hydrogens (tertiary/aromatic N) is 1. The first-order chi connectivity index (χ1) is 8.40. The molecular weight excluding hydrogens is 298 g/mol. The summed E-state index contributed by atoms with van der Waals surface area (Å²) in [5, 5.41) is 8.84. The monoisotopic (exact) mass is 313 g/mol. The lowest BCUT2D eigenvalue weighted by molar-refractivity contribution is -0.137. The quantitative estimate of drug-likeness (QED) is 0.909. The van der Waals surface area contributed by atoms with Gasteiger partial charge in [0.05, 0.1) is 0 Å². The predicted octanol–water partition coefficient (Wildman–Crippen LogP) is 2.63. The topological polar surface area (TPSA) is 57.6 Å². The third-order valence-electron chi connectivity index (χ3n) is 2.29. The van der Waals surface area contributed by atoms with Gasteiger partial charge in [-0.1, -0.05) is 29.8 Å². The van der Waals surface area contributed by atoms with Crippen molar-refractivity contribution in [1.82, 2.24) is 4.90 Å². The molecule has 98 valence electrons. The van der Waals surface area contributed by atoms with Crippen LogP contribution in [0.4, 0.5) is 0 Å². The number of amides is 1. The van der Waals surface area contributed by atoms with Crippen LogP contribution in [0.5, 0.6) is 0 Å². The Morgan fingerprint density at radius 1 is 1.28 bits per heavy atom. The summed E-state index contributed by atoms with van der Waals surface area (Å²) in [6, 6.07) is 6.90. The fourth-order valence-electron chi connectivity index (χ4n) is 1.60. The Labute approximate surface area is 115 Å². The Hall–Kier alpha value is -1.36. The van der Waals surface area contributed by atoms with Gasteiger partial charge in [0, 0.05) is 16.6 Å². The molecule has 1 aromatic rings. The average molecular weight is 314 g/mol. The van der Waals surface area contributed by atoms with Crippen LogP contribution in [0.3, 0.4) is 0 Å². The van der Waals surface area contributed by atoms with Crippen LogP contribution in [0.2, 0.25) is 0 Å². The normalized spacial score (nSPS) is 10.4. The van der Waals surface area contributed by atoms with Crippen LogP contribution in [0.25, 0.3) is 0 Å². The van der Waals surface area contributed by atoms with Gasteiger partial charge in [-0.15, -0.1) is 0 Å². The maximum Gasteiger partial charge on any atom is 0.323 e. The molecule has 0 aliphatic heterocycles. The van der Waals surface area contributed by atoms with Gasteiger partial charge in [-0.2, -0.15) is 0 Å². The molecule has 18 heavy (non-hydrogen) atoms. The summed E-state index contributed by atoms with van der Waals surface area (Å²) in [6.45, 7) is 4.06. The molecule has 0 saturated carbocycles. The van der Waals surface area contributed by atoms with E-state index in [1.54, 1.807) is 24.3 Å². The van der Waals surface area contributed by atoms with E-state index in [4.69, 9.17) is 5.11 Å². The summed E-state index contributed by atoms with van der Waals surface area (Å²) in [4.78, 5) is 24.3. The Bertz CT molecular complexity index is 428. The molecule has 5 heteroatoms. The minimum Gasteiger partial charge on any atom is -0.480 e. The Kier molecular flexibility index (Phi) is 5.34. The largest absolute Gasteiger partial charge is 0.480 e. The van der Waals surface area contributed by atoms with Crippen LogP contribution < -0.4 is 0 Å². The molecule has 0 heterocycles. The second-order valence-corrected chi connectivity index (χ2v) is 5.40. The number of rotatable bonds is 5. The maximum absolute atomic E-state index is 12.2. The van der Waals surface area contributed by atoms with Crippen molar-refractivity contribution in [2.75, 3.05) is 13.1 Å². The van der Waals surface area contributed by atoms with Gasteiger partial charge in [0.15, 0.2) is 0 Å². The van der Waals surface area contributed by atoms with Crippen LogP contribution in [0.15, 0.2) is 28.7 Å². The fraction of sp³-hybridized carbons (Fsp3) is 0.385. The van der Waals surface area contributed by atoms with Crippen molar-refractivity contribution in [3.05, 3.63) is 34.3 Å². The van der Waals surface area contributed by atoms with E-state index >= 15 is 0 Å². The van der Waals surface area contributed by atoms with E-state index in [2.05, 4.69) is 15.9 Å². The van der Waals surface area contributed by atoms with Gasteiger partial charge in [-0.05, 0) is 30.2 Å². The van der Waals surface area contributed by atoms with Crippen LogP contribution in [0, 0.1) is 5.92 Å². The molecule has 0 atom stereocenters. The van der Waals surface area contributed by atoms with Crippen molar-refractivity contribution in [3.63, 3.8) is 0 Å². The van der Waals surface area contributed by atoms with E-state index in [1.165, 1.54) is 4.90 Å². The second kappa shape index (κ2) is 6.54. The lowest BCUT2D eigenvalue weighted by Crippen LogP contribution is -2.38. The SMILES string of the molecule is CC(C)CN(CC(=O)O)C(=O)c1ccc(Br)cc1. The first-order valence-corrected chi connectivity index (χ1v) is 6.46. The van der Waals surface area contributed by atoms with Gasteiger partial charge in [0.1, 0.15) is 6.54 Å². The Balaban J connectivity index is 2.87. The summed E-state index contributed by atoms with van der Waals surface area (Å²) in [5.74, 6) is -1.02. The summed E-state index contributed by atoms with van der Waals surface area (Å²) in [5.41, 5.74) is 0.500. The van der Waals surface area contributed by atoms with Crippen molar-refractivity contribution < 1.29 is 14.7 Å². The standard InChI is InChI=1S/C13H16BrNO3/c1-9(2)7-15(8-12(16)17)13(18)10-3-5-11(14)6-4-10/h3-6,9H,7-8H2,1-2H3,(H,16,17). The molecule has 0 aromatic heterocycles. The van der Waals surface area contributed by atoms with Crippen LogP contribution in [-0.4, -0.2) is 35.0 Å². The zero-order valence-electron chi connectivity index (χ0n) is 10.4. The van der Waals surface area contributed by atoms with Crippen molar-refractivity contribution in [2.45, 2.75) is 13.8 Å². The molecule has 1 amide bonds. The third kappa shape index (κ3) is 4.49. The Morgan fingerprint density at radius 2 is 1.83 bits per heavy atom. The number of carbonyl (C=O) groups is 2. The molecule has 0 spiro atoms. The van der Waals surface area contributed by atoms with Crippen LogP contribution in [-0.2, 0) is 4.79 Å². The predicted molar refractivity (Wildman–Crippen MR) is 72.5 cm³/mol. The molecule has 1 rings (SSSR count). The smallest absolute Gasteiger partial charge is 0.323 e. The van der Waals surface area contributed by atoms with E-state index in [1.807, 2.05) is 13.8 Å². The van der Waals surface area contributed by atoms with E-state index in [0.717, 1.165) is 4.47 Å². The number of carboxylic acid groups (broad SMARTS) is 1. The summed E-state index contributed by atoms with van der Waals surface area (Å²) in [6.07, 6.45) is 0. The van der Waals surface area contributed by atoms with Gasteiger partial charge in [-0.25, -0.2) is 0 Å². The highest BCUT2D eigenvalue weighted by Gasteiger charge is 2.19. The minimum absolute atomic E-state index is 0.226. The Morgan fingerprint density at radius 3 is 2.28 bits per heavy atom. The number of halogens is 1. The summed E-state index contributed by atoms with van der Waals surface area (Å²) >= 11 is 3.29. The minimum atomic E-state index is -0.999. The molecule has 0 aliphatic carbocycles. The van der Waals surface area contributed by atoms with E-state index < -0.39 is 5.97 Å². The molecule has 0 radical (unpaired) electrons. The van der Waals surface area contributed by atoms with Gasteiger partial charge < -0.3 is 10.0 Å². The van der Waals surface area contributed by atoms with Crippen molar-refractivity contribution in [3.8, 4) is 0 Å². The molecule has 0 aliphatic rings. The van der Waals surface area contributed by atoms with Gasteiger partial charge in [-0.3, -0.25) is 9.59 Å². The highest BCUT2D eigenvalue weighted by atomic mass is 79.9. The zero-order chi connectivity index (χ0) is 13.7. The van der Waals surface area contributed by atoms with Gasteiger partial charge >= 0.3 is 5.97 Å². The fourth-order valence-corrected chi connectivity index (χ4v) is 1.86. The molecule has 1 N–H and O–H groups in total. The number of hydrogen-bond acceptors (Lipinski definition) is 2. The van der Waals surface area contributed by atoms with E-state index in [-0.39, 0.29) is 18.4 Å². The van der Waals surface area contributed by atoms with Crippen LogP contribution >= 0.6 is 15.9 Å². The lowest BCUT2D eigenvalue weighted by Gasteiger charge is -2.22. The molecule has 0 saturated heterocycles. The molecule has 0 fully saturated rings. The number of aliphatic carboxylic acids is 1. The molecule has 0 unspecified atom stereocenters. The molecule has 4 nitrogen and oxygen atoms in total. The van der Waals surface area contributed by atoms with Crippen molar-refractivity contribution >= 4 is 27.8 Å². The molecule has 0 bridgehead atoms. The highest BCUT2D eigenvalue weighted by Crippen LogP contribution is 2.13. The zero-order valence-corrected chi connectivity index (χ0v) is 12.0. The van der Waals surface area contributed by atoms with Crippen molar-refractivity contribution in [1.29, 1.82) is 0 Å². The van der Waals surface area contributed by atoms with E-state index in [9.17, 15) is 9.59 Å².